The van der Waals surface area contributed by atoms with E-state index in [0.717, 1.165) is 35.4 Å². The molecule has 1 saturated heterocycles. The van der Waals surface area contributed by atoms with Gasteiger partial charge in [0.1, 0.15) is 11.8 Å². The minimum atomic E-state index is -0.373. The Kier molecular flexibility index (Phi) is 7.40. The molecule has 7 heteroatoms. The van der Waals surface area contributed by atoms with Crippen LogP contribution in [0.15, 0.2) is 59.7 Å². The molecule has 0 spiro atoms. The Morgan fingerprint density at radius 2 is 1.82 bits per heavy atom. The van der Waals surface area contributed by atoms with Gasteiger partial charge >= 0.3 is 5.97 Å². The van der Waals surface area contributed by atoms with Crippen molar-refractivity contribution in [2.75, 3.05) is 26.8 Å². The highest BCUT2D eigenvalue weighted by Gasteiger charge is 2.37. The van der Waals surface area contributed by atoms with E-state index in [9.17, 15) is 9.59 Å². The van der Waals surface area contributed by atoms with Gasteiger partial charge in [0.2, 0.25) is 0 Å². The normalized spacial score (nSPS) is 20.9. The standard InChI is InChI=1S/C26H31N3O4/c1-3-33-26(31)23-11-7-8-16-28(23)18-25(30)29-24(20-12-14-21(32-2)15-13-20)17-22(27-29)19-9-5-4-6-10-19/h4-6,9-10,12-15,23-24H,3,7-8,11,16-18H2,1-2H3. The summed E-state index contributed by atoms with van der Waals surface area (Å²) in [7, 11) is 1.63. The molecule has 1 amide bonds. The molecule has 33 heavy (non-hydrogen) atoms. The highest BCUT2D eigenvalue weighted by Crippen LogP contribution is 2.34. The van der Waals surface area contributed by atoms with E-state index >= 15 is 0 Å². The summed E-state index contributed by atoms with van der Waals surface area (Å²) in [6, 6.07) is 17.1. The number of hydrogen-bond donors (Lipinski definition) is 0. The summed E-state index contributed by atoms with van der Waals surface area (Å²) >= 11 is 0. The van der Waals surface area contributed by atoms with E-state index in [0.29, 0.717) is 26.0 Å². The second kappa shape index (κ2) is 10.6. The van der Waals surface area contributed by atoms with Crippen LogP contribution < -0.4 is 4.74 Å². The van der Waals surface area contributed by atoms with Gasteiger partial charge in [0.15, 0.2) is 0 Å². The number of benzene rings is 2. The number of hydrazone groups is 1. The largest absolute Gasteiger partial charge is 0.497 e. The van der Waals surface area contributed by atoms with Gasteiger partial charge < -0.3 is 9.47 Å². The predicted molar refractivity (Wildman–Crippen MR) is 126 cm³/mol. The zero-order valence-corrected chi connectivity index (χ0v) is 19.3. The van der Waals surface area contributed by atoms with Gasteiger partial charge in [-0.2, -0.15) is 5.10 Å². The van der Waals surface area contributed by atoms with Gasteiger partial charge in [-0.1, -0.05) is 48.9 Å². The van der Waals surface area contributed by atoms with E-state index < -0.39 is 0 Å². The summed E-state index contributed by atoms with van der Waals surface area (Å²) in [5.41, 5.74) is 2.89. The van der Waals surface area contributed by atoms with E-state index in [1.54, 1.807) is 19.0 Å². The van der Waals surface area contributed by atoms with Gasteiger partial charge in [0, 0.05) is 6.42 Å². The summed E-state index contributed by atoms with van der Waals surface area (Å²) in [4.78, 5) is 27.9. The second-order valence-corrected chi connectivity index (χ2v) is 8.38. The number of amides is 1. The Morgan fingerprint density at radius 1 is 1.06 bits per heavy atom. The molecule has 0 radical (unpaired) electrons. The molecule has 2 aliphatic rings. The molecule has 0 bridgehead atoms. The number of carbonyl (C=O) groups is 2. The lowest BCUT2D eigenvalue weighted by Crippen LogP contribution is -2.49. The zero-order valence-electron chi connectivity index (χ0n) is 19.3. The van der Waals surface area contributed by atoms with E-state index in [1.807, 2.05) is 59.5 Å². The van der Waals surface area contributed by atoms with Gasteiger partial charge in [0.05, 0.1) is 32.0 Å². The summed E-state index contributed by atoms with van der Waals surface area (Å²) in [5.74, 6) is 0.411. The highest BCUT2D eigenvalue weighted by molar-refractivity contribution is 6.03. The minimum Gasteiger partial charge on any atom is -0.497 e. The summed E-state index contributed by atoms with van der Waals surface area (Å²) in [6.07, 6.45) is 3.27. The van der Waals surface area contributed by atoms with Crippen LogP contribution in [0.5, 0.6) is 5.75 Å². The fraction of sp³-hybridized carbons (Fsp3) is 0.423. The smallest absolute Gasteiger partial charge is 0.323 e. The number of carbonyl (C=O) groups excluding carboxylic acids is 2. The van der Waals surface area contributed by atoms with Crippen LogP contribution in [0.25, 0.3) is 0 Å². The fourth-order valence-electron chi connectivity index (χ4n) is 4.56. The first-order chi connectivity index (χ1) is 16.1. The van der Waals surface area contributed by atoms with Gasteiger partial charge in [-0.25, -0.2) is 5.01 Å². The molecule has 2 heterocycles. The van der Waals surface area contributed by atoms with Crippen molar-refractivity contribution < 1.29 is 19.1 Å². The molecule has 2 aromatic rings. The van der Waals surface area contributed by atoms with Gasteiger partial charge in [-0.05, 0) is 49.6 Å². The van der Waals surface area contributed by atoms with Crippen molar-refractivity contribution in [1.82, 2.24) is 9.91 Å². The molecule has 1 fully saturated rings. The molecular formula is C26H31N3O4. The van der Waals surface area contributed by atoms with Crippen LogP contribution in [0.3, 0.4) is 0 Å². The molecule has 4 rings (SSSR count). The predicted octanol–water partition coefficient (Wildman–Crippen LogP) is 3.79. The third-order valence-electron chi connectivity index (χ3n) is 6.28. The number of nitrogens with zero attached hydrogens (tertiary/aromatic N) is 3. The summed E-state index contributed by atoms with van der Waals surface area (Å²) < 4.78 is 10.6. The van der Waals surface area contributed by atoms with Crippen LogP contribution in [-0.4, -0.2) is 60.3 Å². The molecule has 2 aliphatic heterocycles. The molecule has 0 aliphatic carbocycles. The molecule has 2 aromatic carbocycles. The Hall–Kier alpha value is -3.19. The molecule has 7 nitrogen and oxygen atoms in total. The maximum atomic E-state index is 13.5. The molecule has 2 atom stereocenters. The zero-order chi connectivity index (χ0) is 23.2. The van der Waals surface area contributed by atoms with Crippen LogP contribution in [0, 0.1) is 0 Å². The van der Waals surface area contributed by atoms with Crippen LogP contribution in [0.1, 0.15) is 49.8 Å². The second-order valence-electron chi connectivity index (χ2n) is 8.38. The van der Waals surface area contributed by atoms with Crippen molar-refractivity contribution in [2.45, 2.75) is 44.7 Å². The fourth-order valence-corrected chi connectivity index (χ4v) is 4.56. The lowest BCUT2D eigenvalue weighted by atomic mass is 9.98. The topological polar surface area (TPSA) is 71.4 Å². The van der Waals surface area contributed by atoms with Crippen molar-refractivity contribution in [2.24, 2.45) is 5.10 Å². The number of ether oxygens (including phenoxy) is 2. The Morgan fingerprint density at radius 3 is 2.52 bits per heavy atom. The van der Waals surface area contributed by atoms with Gasteiger partial charge in [0.25, 0.3) is 5.91 Å². The van der Waals surface area contributed by atoms with E-state index in [2.05, 4.69) is 0 Å². The average Bonchev–Trinajstić information content (AvgIpc) is 3.31. The monoisotopic (exact) mass is 449 g/mol. The lowest BCUT2D eigenvalue weighted by molar-refractivity contribution is -0.152. The number of piperidine rings is 1. The van der Waals surface area contributed by atoms with Crippen molar-refractivity contribution in [3.8, 4) is 5.75 Å². The SMILES string of the molecule is CCOC(=O)C1CCCCN1CC(=O)N1N=C(c2ccccc2)CC1c1ccc(OC)cc1. The van der Waals surface area contributed by atoms with E-state index in [4.69, 9.17) is 14.6 Å². The Labute approximate surface area is 195 Å². The Balaban J connectivity index is 1.58. The minimum absolute atomic E-state index is 0.113. The van der Waals surface area contributed by atoms with E-state index in [1.165, 1.54) is 0 Å². The van der Waals surface area contributed by atoms with E-state index in [-0.39, 0.29) is 30.5 Å². The molecule has 0 aromatic heterocycles. The highest BCUT2D eigenvalue weighted by atomic mass is 16.5. The van der Waals surface area contributed by atoms with Crippen LogP contribution in [-0.2, 0) is 14.3 Å². The van der Waals surface area contributed by atoms with Crippen LogP contribution in [0.4, 0.5) is 0 Å². The van der Waals surface area contributed by atoms with Gasteiger partial charge in [-0.15, -0.1) is 0 Å². The first-order valence-electron chi connectivity index (χ1n) is 11.6. The first kappa shape index (κ1) is 23.0. The molecule has 174 valence electrons. The summed E-state index contributed by atoms with van der Waals surface area (Å²) in [5, 5.41) is 6.35. The first-order valence-corrected chi connectivity index (χ1v) is 11.6. The molecule has 0 N–H and O–H groups in total. The van der Waals surface area contributed by atoms with Crippen molar-refractivity contribution in [3.05, 3.63) is 65.7 Å². The number of methoxy groups -OCH3 is 1. The third kappa shape index (κ3) is 5.25. The maximum Gasteiger partial charge on any atom is 0.323 e. The average molecular weight is 450 g/mol. The van der Waals surface area contributed by atoms with Crippen LogP contribution in [0.2, 0.25) is 0 Å². The number of rotatable bonds is 7. The van der Waals surface area contributed by atoms with Crippen molar-refractivity contribution in [1.29, 1.82) is 0 Å². The summed E-state index contributed by atoms with van der Waals surface area (Å²) in [6.45, 7) is 2.99. The van der Waals surface area contributed by atoms with Crippen molar-refractivity contribution in [3.63, 3.8) is 0 Å². The van der Waals surface area contributed by atoms with Crippen molar-refractivity contribution >= 4 is 17.6 Å². The van der Waals surface area contributed by atoms with Crippen LogP contribution >= 0.6 is 0 Å². The molecule has 0 saturated carbocycles. The number of likely N-dealkylation sites (tertiary alicyclic amines) is 1. The number of esters is 1. The lowest BCUT2D eigenvalue weighted by Gasteiger charge is -2.34. The maximum absolute atomic E-state index is 13.5. The molecular weight excluding hydrogens is 418 g/mol. The van der Waals surface area contributed by atoms with Gasteiger partial charge in [-0.3, -0.25) is 14.5 Å². The Bertz CT molecular complexity index is 990. The quantitative estimate of drug-likeness (QED) is 0.602. The number of hydrogen-bond acceptors (Lipinski definition) is 6. The third-order valence-corrected chi connectivity index (χ3v) is 6.28. The molecule has 2 unspecified atom stereocenters.